The molecule has 0 unspecified atom stereocenters. The zero-order valence-electron chi connectivity index (χ0n) is 11.1. The molecule has 2 nitrogen and oxygen atoms in total. The first-order chi connectivity index (χ1) is 7.84. The maximum absolute atomic E-state index is 12.4. The molecular weight excluding hydrogens is 212 g/mol. The molecule has 0 radical (unpaired) electrons. The molecule has 0 aromatic carbocycles. The lowest BCUT2D eigenvalue weighted by Crippen LogP contribution is -2.48. The first-order valence-electron chi connectivity index (χ1n) is 6.56. The summed E-state index contributed by atoms with van der Waals surface area (Å²) in [6, 6.07) is 0. The Morgan fingerprint density at radius 3 is 2.59 bits per heavy atom. The average Bonchev–Trinajstić information content (AvgIpc) is 2.22. The third kappa shape index (κ3) is 1.98. The minimum Gasteiger partial charge on any atom is -0.299 e. The molecule has 0 aromatic rings. The van der Waals surface area contributed by atoms with E-state index in [1.807, 2.05) is 13.8 Å². The molecule has 4 atom stereocenters. The lowest BCUT2D eigenvalue weighted by molar-refractivity contribution is -0.145. The topological polar surface area (TPSA) is 34.1 Å². The van der Waals surface area contributed by atoms with Gasteiger partial charge in [0.2, 0.25) is 0 Å². The summed E-state index contributed by atoms with van der Waals surface area (Å²) in [5, 5.41) is 0. The van der Waals surface area contributed by atoms with Crippen LogP contribution in [0.5, 0.6) is 0 Å². The maximum Gasteiger partial charge on any atom is 0.139 e. The summed E-state index contributed by atoms with van der Waals surface area (Å²) in [7, 11) is 0. The number of fused-ring (bicyclic) bond motifs is 1. The van der Waals surface area contributed by atoms with Crippen LogP contribution in [-0.2, 0) is 9.59 Å². The predicted molar refractivity (Wildman–Crippen MR) is 67.5 cm³/mol. The zero-order valence-corrected chi connectivity index (χ0v) is 11.1. The minimum atomic E-state index is -0.251. The van der Waals surface area contributed by atoms with E-state index in [0.29, 0.717) is 30.3 Å². The number of hydrogen-bond donors (Lipinski definition) is 0. The molecule has 2 heteroatoms. The van der Waals surface area contributed by atoms with Gasteiger partial charge in [0.05, 0.1) is 0 Å². The van der Waals surface area contributed by atoms with Crippen LogP contribution in [0.25, 0.3) is 0 Å². The Balaban J connectivity index is 2.25. The molecular formula is C15H22O2. The molecule has 2 aliphatic rings. The van der Waals surface area contributed by atoms with E-state index in [9.17, 15) is 9.59 Å². The van der Waals surface area contributed by atoms with Gasteiger partial charge in [0.15, 0.2) is 0 Å². The van der Waals surface area contributed by atoms with Gasteiger partial charge in [-0.25, -0.2) is 0 Å². The lowest BCUT2D eigenvalue weighted by atomic mass is 9.55. The highest BCUT2D eigenvalue weighted by atomic mass is 16.1. The number of hydrogen-bond acceptors (Lipinski definition) is 2. The fourth-order valence-corrected chi connectivity index (χ4v) is 3.53. The van der Waals surface area contributed by atoms with Crippen molar-refractivity contribution in [1.29, 1.82) is 0 Å². The average molecular weight is 234 g/mol. The van der Waals surface area contributed by atoms with Gasteiger partial charge in [-0.2, -0.15) is 0 Å². The summed E-state index contributed by atoms with van der Waals surface area (Å²) >= 11 is 0. The van der Waals surface area contributed by atoms with Gasteiger partial charge in [-0.1, -0.05) is 26.0 Å². The van der Waals surface area contributed by atoms with Gasteiger partial charge in [-0.05, 0) is 31.6 Å². The monoisotopic (exact) mass is 234 g/mol. The molecule has 0 heterocycles. The van der Waals surface area contributed by atoms with E-state index in [2.05, 4.69) is 13.5 Å². The molecule has 0 amide bonds. The summed E-state index contributed by atoms with van der Waals surface area (Å²) in [5.74, 6) is 1.28. The Bertz CT molecular complexity index is 382. The summed E-state index contributed by atoms with van der Waals surface area (Å²) in [6.07, 6.45) is 2.94. The molecule has 0 spiro atoms. The van der Waals surface area contributed by atoms with Gasteiger partial charge in [0.1, 0.15) is 11.6 Å². The number of ketones is 2. The minimum absolute atomic E-state index is 0.0570. The fourth-order valence-electron chi connectivity index (χ4n) is 3.53. The number of carbonyl (C=O) groups is 2. The first kappa shape index (κ1) is 12.5. The van der Waals surface area contributed by atoms with Crippen molar-refractivity contribution in [3.8, 4) is 0 Å². The summed E-state index contributed by atoms with van der Waals surface area (Å²) in [5.41, 5.74) is 0.839. The Labute approximate surface area is 103 Å². The van der Waals surface area contributed by atoms with Gasteiger partial charge in [0.25, 0.3) is 0 Å². The third-order valence-corrected chi connectivity index (χ3v) is 4.96. The van der Waals surface area contributed by atoms with E-state index in [4.69, 9.17) is 0 Å². The Kier molecular flexibility index (Phi) is 3.01. The van der Waals surface area contributed by atoms with Crippen LogP contribution in [0.2, 0.25) is 0 Å². The van der Waals surface area contributed by atoms with Gasteiger partial charge in [-0.15, -0.1) is 0 Å². The number of allylic oxidation sites excluding steroid dienone is 1. The molecule has 0 aromatic heterocycles. The van der Waals surface area contributed by atoms with Crippen LogP contribution in [-0.4, -0.2) is 11.6 Å². The largest absolute Gasteiger partial charge is 0.299 e. The van der Waals surface area contributed by atoms with Crippen molar-refractivity contribution in [1.82, 2.24) is 0 Å². The standard InChI is InChI=1S/C15H22O2/c1-9(2)11-5-12-7-13(16)10(3)8-15(12,4)14(17)6-11/h10-12H,1,5-8H2,2-4H3/t10-,11+,12-,15+/m1/s1. The highest BCUT2D eigenvalue weighted by Crippen LogP contribution is 2.51. The number of Topliss-reactive ketones (excluding diaryl/α,β-unsaturated/α-hetero) is 2. The molecule has 2 rings (SSSR count). The Morgan fingerprint density at radius 1 is 1.35 bits per heavy atom. The molecule has 2 aliphatic carbocycles. The molecule has 0 aliphatic heterocycles. The molecule has 0 saturated heterocycles. The van der Waals surface area contributed by atoms with Crippen LogP contribution >= 0.6 is 0 Å². The molecule has 0 N–H and O–H groups in total. The quantitative estimate of drug-likeness (QED) is 0.653. The van der Waals surface area contributed by atoms with E-state index in [1.54, 1.807) is 0 Å². The van der Waals surface area contributed by atoms with E-state index < -0.39 is 0 Å². The van der Waals surface area contributed by atoms with E-state index >= 15 is 0 Å². The van der Waals surface area contributed by atoms with Gasteiger partial charge in [-0.3, -0.25) is 9.59 Å². The lowest BCUT2D eigenvalue weighted by Gasteiger charge is -2.47. The van der Waals surface area contributed by atoms with Crippen molar-refractivity contribution in [2.45, 2.75) is 46.5 Å². The highest BCUT2D eigenvalue weighted by molar-refractivity contribution is 5.91. The predicted octanol–water partition coefficient (Wildman–Crippen LogP) is 3.16. The molecule has 0 bridgehead atoms. The number of rotatable bonds is 1. The van der Waals surface area contributed by atoms with Crippen LogP contribution in [0, 0.1) is 23.2 Å². The van der Waals surface area contributed by atoms with Crippen LogP contribution in [0.1, 0.15) is 46.5 Å². The SMILES string of the molecule is C=C(C)[C@@H]1CC(=O)[C@@]2(C)C[C@@H](C)C(=O)C[C@H]2C1. The Hall–Kier alpha value is -0.920. The first-order valence-corrected chi connectivity index (χ1v) is 6.56. The second kappa shape index (κ2) is 4.08. The normalized spacial score (nSPS) is 42.2. The van der Waals surface area contributed by atoms with Crippen LogP contribution < -0.4 is 0 Å². The smallest absolute Gasteiger partial charge is 0.139 e. The molecule has 94 valence electrons. The summed E-state index contributed by atoms with van der Waals surface area (Å²) in [4.78, 5) is 24.2. The van der Waals surface area contributed by atoms with Crippen molar-refractivity contribution in [3.63, 3.8) is 0 Å². The summed E-state index contributed by atoms with van der Waals surface area (Å²) in [6.45, 7) is 9.99. The van der Waals surface area contributed by atoms with Crippen LogP contribution in [0.3, 0.4) is 0 Å². The van der Waals surface area contributed by atoms with Crippen LogP contribution in [0.15, 0.2) is 12.2 Å². The van der Waals surface area contributed by atoms with Gasteiger partial charge >= 0.3 is 0 Å². The van der Waals surface area contributed by atoms with Crippen molar-refractivity contribution < 1.29 is 9.59 Å². The van der Waals surface area contributed by atoms with Gasteiger partial charge in [0, 0.05) is 24.2 Å². The highest BCUT2D eigenvalue weighted by Gasteiger charge is 2.50. The Morgan fingerprint density at radius 2 is 2.00 bits per heavy atom. The van der Waals surface area contributed by atoms with Crippen molar-refractivity contribution in [2.24, 2.45) is 23.2 Å². The van der Waals surface area contributed by atoms with Gasteiger partial charge < -0.3 is 0 Å². The number of carbonyl (C=O) groups excluding carboxylic acids is 2. The van der Waals surface area contributed by atoms with E-state index in [-0.39, 0.29) is 17.3 Å². The fraction of sp³-hybridized carbons (Fsp3) is 0.733. The second-order valence-corrected chi connectivity index (χ2v) is 6.30. The maximum atomic E-state index is 12.4. The third-order valence-electron chi connectivity index (χ3n) is 4.96. The van der Waals surface area contributed by atoms with Crippen molar-refractivity contribution >= 4 is 11.6 Å². The van der Waals surface area contributed by atoms with Crippen LogP contribution in [0.4, 0.5) is 0 Å². The van der Waals surface area contributed by atoms with E-state index in [0.717, 1.165) is 18.4 Å². The van der Waals surface area contributed by atoms with Crippen molar-refractivity contribution in [2.75, 3.05) is 0 Å². The molecule has 2 saturated carbocycles. The second-order valence-electron chi connectivity index (χ2n) is 6.30. The molecule has 2 fully saturated rings. The molecule has 17 heavy (non-hydrogen) atoms. The van der Waals surface area contributed by atoms with E-state index in [1.165, 1.54) is 0 Å². The zero-order chi connectivity index (χ0) is 12.8. The van der Waals surface area contributed by atoms with Crippen molar-refractivity contribution in [3.05, 3.63) is 12.2 Å². The summed E-state index contributed by atoms with van der Waals surface area (Å²) < 4.78 is 0.